The van der Waals surface area contributed by atoms with Crippen LogP contribution < -0.4 is 5.56 Å². The van der Waals surface area contributed by atoms with E-state index in [2.05, 4.69) is 9.97 Å². The molecule has 0 radical (unpaired) electrons. The van der Waals surface area contributed by atoms with E-state index < -0.39 is 5.60 Å². The lowest BCUT2D eigenvalue weighted by Crippen LogP contribution is -2.46. The second-order valence-electron chi connectivity index (χ2n) is 6.78. The SMILES string of the molecule is CSc1nc2c(c(=O)[nH]1)CC1CCC2N1C(=O)OC(C)(C)C. The third-order valence-corrected chi connectivity index (χ3v) is 4.66. The van der Waals surface area contributed by atoms with Crippen molar-refractivity contribution < 1.29 is 9.53 Å². The molecule has 1 saturated heterocycles. The molecule has 0 spiro atoms. The third-order valence-electron chi connectivity index (χ3n) is 4.08. The Balaban J connectivity index is 1.97. The van der Waals surface area contributed by atoms with Gasteiger partial charge in [-0.15, -0.1) is 0 Å². The standard InChI is InChI=1S/C15H21N3O3S/c1-15(2,3)21-14(20)18-8-5-6-10(18)11-9(7-8)12(19)17-13(16-11)22-4/h8,10H,5-7H2,1-4H3,(H,16,17,19). The molecular weight excluding hydrogens is 302 g/mol. The van der Waals surface area contributed by atoms with E-state index in [9.17, 15) is 9.59 Å². The van der Waals surface area contributed by atoms with Gasteiger partial charge in [-0.05, 0) is 39.9 Å². The number of hydrogen-bond donors (Lipinski definition) is 1. The molecular formula is C15H21N3O3S. The molecule has 2 aliphatic rings. The molecule has 2 bridgehead atoms. The molecule has 1 amide bonds. The predicted molar refractivity (Wildman–Crippen MR) is 84.2 cm³/mol. The number of H-pyrrole nitrogens is 1. The number of nitrogens with zero attached hydrogens (tertiary/aromatic N) is 2. The third kappa shape index (κ3) is 2.62. The first-order valence-electron chi connectivity index (χ1n) is 7.48. The Labute approximate surface area is 133 Å². The van der Waals surface area contributed by atoms with E-state index in [1.165, 1.54) is 11.8 Å². The first kappa shape index (κ1) is 15.4. The zero-order valence-electron chi connectivity index (χ0n) is 13.3. The zero-order chi connectivity index (χ0) is 16.1. The lowest BCUT2D eigenvalue weighted by molar-refractivity contribution is 0.0118. The van der Waals surface area contributed by atoms with Crippen molar-refractivity contribution in [1.82, 2.24) is 14.9 Å². The maximum atomic E-state index is 12.5. The second kappa shape index (κ2) is 5.30. The monoisotopic (exact) mass is 323 g/mol. The van der Waals surface area contributed by atoms with Gasteiger partial charge in [0.15, 0.2) is 5.16 Å². The van der Waals surface area contributed by atoms with Crippen molar-refractivity contribution in [3.63, 3.8) is 0 Å². The van der Waals surface area contributed by atoms with Crippen molar-refractivity contribution in [2.45, 2.75) is 62.9 Å². The summed E-state index contributed by atoms with van der Waals surface area (Å²) in [6.45, 7) is 5.58. The number of aromatic amines is 1. The number of aromatic nitrogens is 2. The first-order valence-corrected chi connectivity index (χ1v) is 8.71. The normalized spacial score (nSPS) is 23.4. The second-order valence-corrected chi connectivity index (χ2v) is 7.57. The van der Waals surface area contributed by atoms with Crippen LogP contribution in [0.15, 0.2) is 9.95 Å². The molecule has 1 fully saturated rings. The maximum absolute atomic E-state index is 12.5. The Bertz CT molecular complexity index is 665. The highest BCUT2D eigenvalue weighted by Gasteiger charge is 2.46. The largest absolute Gasteiger partial charge is 0.444 e. The minimum atomic E-state index is -0.525. The molecule has 1 N–H and O–H groups in total. The summed E-state index contributed by atoms with van der Waals surface area (Å²) in [5.41, 5.74) is 0.871. The summed E-state index contributed by atoms with van der Waals surface area (Å²) in [5, 5.41) is 0.596. The fraction of sp³-hybridized carbons (Fsp3) is 0.667. The molecule has 0 aliphatic carbocycles. The topological polar surface area (TPSA) is 75.3 Å². The van der Waals surface area contributed by atoms with Crippen LogP contribution in [0.5, 0.6) is 0 Å². The highest BCUT2D eigenvalue weighted by molar-refractivity contribution is 7.98. The van der Waals surface area contributed by atoms with Crippen LogP contribution in [0.25, 0.3) is 0 Å². The van der Waals surface area contributed by atoms with Crippen LogP contribution in [0.1, 0.15) is 50.9 Å². The molecule has 2 atom stereocenters. The summed E-state index contributed by atoms with van der Waals surface area (Å²) in [4.78, 5) is 33.9. The number of thioether (sulfide) groups is 1. The maximum Gasteiger partial charge on any atom is 0.411 e. The van der Waals surface area contributed by atoms with Crippen LogP contribution in [0.4, 0.5) is 4.79 Å². The van der Waals surface area contributed by atoms with Crippen molar-refractivity contribution in [2.75, 3.05) is 6.26 Å². The van der Waals surface area contributed by atoms with Gasteiger partial charge in [-0.3, -0.25) is 9.69 Å². The Hall–Kier alpha value is -1.50. The number of nitrogens with one attached hydrogen (secondary N) is 1. The van der Waals surface area contributed by atoms with Gasteiger partial charge < -0.3 is 9.72 Å². The van der Waals surface area contributed by atoms with Gasteiger partial charge in [0.05, 0.1) is 11.7 Å². The van der Waals surface area contributed by atoms with E-state index in [1.807, 2.05) is 27.0 Å². The molecule has 3 heterocycles. The smallest absolute Gasteiger partial charge is 0.411 e. The van der Waals surface area contributed by atoms with Crippen LogP contribution in [0.3, 0.4) is 0 Å². The molecule has 2 unspecified atom stereocenters. The van der Waals surface area contributed by atoms with Gasteiger partial charge in [-0.1, -0.05) is 11.8 Å². The number of amides is 1. The van der Waals surface area contributed by atoms with Gasteiger partial charge in [-0.2, -0.15) is 0 Å². The minimum absolute atomic E-state index is 0.0374. The van der Waals surface area contributed by atoms with E-state index >= 15 is 0 Å². The van der Waals surface area contributed by atoms with E-state index in [0.29, 0.717) is 11.6 Å². The molecule has 3 rings (SSSR count). The Morgan fingerprint density at radius 1 is 1.41 bits per heavy atom. The van der Waals surface area contributed by atoms with Gasteiger partial charge in [-0.25, -0.2) is 9.78 Å². The number of carbonyl (C=O) groups excluding carboxylic acids is 1. The van der Waals surface area contributed by atoms with Crippen LogP contribution in [-0.2, 0) is 11.2 Å². The Morgan fingerprint density at radius 3 is 2.77 bits per heavy atom. The molecule has 1 aromatic heterocycles. The van der Waals surface area contributed by atoms with E-state index in [1.54, 1.807) is 4.90 Å². The number of fused-ring (bicyclic) bond motifs is 4. The molecule has 0 saturated carbocycles. The molecule has 7 heteroatoms. The van der Waals surface area contributed by atoms with Gasteiger partial charge in [0.2, 0.25) is 0 Å². The summed E-state index contributed by atoms with van der Waals surface area (Å²) in [6.07, 6.45) is 3.84. The van der Waals surface area contributed by atoms with Crippen molar-refractivity contribution >= 4 is 17.9 Å². The number of rotatable bonds is 1. The zero-order valence-corrected chi connectivity index (χ0v) is 14.1. The highest BCUT2D eigenvalue weighted by atomic mass is 32.2. The highest BCUT2D eigenvalue weighted by Crippen LogP contribution is 2.42. The fourth-order valence-corrected chi connectivity index (χ4v) is 3.63. The van der Waals surface area contributed by atoms with Crippen LogP contribution in [0, 0.1) is 0 Å². The van der Waals surface area contributed by atoms with Crippen molar-refractivity contribution in [2.24, 2.45) is 0 Å². The average Bonchev–Trinajstić information content (AvgIpc) is 2.74. The van der Waals surface area contributed by atoms with Crippen molar-refractivity contribution in [3.05, 3.63) is 21.6 Å². The average molecular weight is 323 g/mol. The Kier molecular flexibility index (Phi) is 3.71. The van der Waals surface area contributed by atoms with Crippen LogP contribution in [-0.4, -0.2) is 38.9 Å². The first-order chi connectivity index (χ1) is 10.3. The molecule has 1 aromatic rings. The lowest BCUT2D eigenvalue weighted by Gasteiger charge is -2.36. The van der Waals surface area contributed by atoms with Crippen molar-refractivity contribution in [1.29, 1.82) is 0 Å². The summed E-state index contributed by atoms with van der Waals surface area (Å²) < 4.78 is 5.53. The minimum Gasteiger partial charge on any atom is -0.444 e. The van der Waals surface area contributed by atoms with Crippen LogP contribution in [0.2, 0.25) is 0 Å². The van der Waals surface area contributed by atoms with E-state index in [-0.39, 0.29) is 23.7 Å². The fourth-order valence-electron chi connectivity index (χ4n) is 3.24. The molecule has 120 valence electrons. The van der Waals surface area contributed by atoms with Gasteiger partial charge in [0.1, 0.15) is 5.60 Å². The Morgan fingerprint density at radius 2 is 2.14 bits per heavy atom. The quantitative estimate of drug-likeness (QED) is 0.635. The number of ether oxygens (including phenoxy) is 1. The van der Waals surface area contributed by atoms with E-state index in [4.69, 9.17) is 4.74 Å². The number of carbonyl (C=O) groups is 1. The van der Waals surface area contributed by atoms with Gasteiger partial charge in [0.25, 0.3) is 5.56 Å². The van der Waals surface area contributed by atoms with Gasteiger partial charge >= 0.3 is 6.09 Å². The predicted octanol–water partition coefficient (Wildman–Crippen LogP) is 2.49. The summed E-state index contributed by atoms with van der Waals surface area (Å²) >= 11 is 1.40. The molecule has 0 aromatic carbocycles. The molecule has 22 heavy (non-hydrogen) atoms. The molecule has 6 nitrogen and oxygen atoms in total. The summed E-state index contributed by atoms with van der Waals surface area (Å²) in [7, 11) is 0. The van der Waals surface area contributed by atoms with Crippen molar-refractivity contribution in [3.8, 4) is 0 Å². The molecule has 2 aliphatic heterocycles. The summed E-state index contributed by atoms with van der Waals surface area (Å²) in [5.74, 6) is 0. The summed E-state index contributed by atoms with van der Waals surface area (Å²) in [6, 6.07) is -0.104. The van der Waals surface area contributed by atoms with E-state index in [0.717, 1.165) is 24.1 Å². The van der Waals surface area contributed by atoms with Gasteiger partial charge in [0, 0.05) is 18.0 Å². The lowest BCUT2D eigenvalue weighted by atomic mass is 10.00. The number of hydrogen-bond acceptors (Lipinski definition) is 5. The van der Waals surface area contributed by atoms with Crippen LogP contribution >= 0.6 is 11.8 Å².